The molecule has 8 heteroatoms. The van der Waals surface area contributed by atoms with E-state index >= 15 is 0 Å². The third-order valence-electron chi connectivity index (χ3n) is 4.82. The highest BCUT2D eigenvalue weighted by atomic mass is 32.2. The van der Waals surface area contributed by atoms with E-state index in [1.165, 1.54) is 6.39 Å². The van der Waals surface area contributed by atoms with Crippen LogP contribution < -0.4 is 0 Å². The van der Waals surface area contributed by atoms with Gasteiger partial charge < -0.3 is 14.5 Å². The molecular weight excluding hydrogens is 378 g/mol. The Balaban J connectivity index is 1.53. The minimum atomic E-state index is -3.05. The summed E-state index contributed by atoms with van der Waals surface area (Å²) in [6.07, 6.45) is 4.56. The zero-order chi connectivity index (χ0) is 19.3. The van der Waals surface area contributed by atoms with Gasteiger partial charge in [-0.2, -0.15) is 0 Å². The predicted octanol–water partition coefficient (Wildman–Crippen LogP) is 3.71. The van der Waals surface area contributed by atoms with Gasteiger partial charge in [0.05, 0.1) is 29.0 Å². The average Bonchev–Trinajstić information content (AvgIpc) is 3.35. The number of nitrogens with one attached hydrogen (secondary N) is 1. The molecule has 1 aliphatic rings. The van der Waals surface area contributed by atoms with Crippen molar-refractivity contribution in [2.75, 3.05) is 0 Å². The quantitative estimate of drug-likeness (QED) is 0.516. The van der Waals surface area contributed by atoms with Gasteiger partial charge in [0.2, 0.25) is 0 Å². The molecule has 0 saturated heterocycles. The monoisotopic (exact) mass is 393 g/mol. The van der Waals surface area contributed by atoms with Crippen LogP contribution in [0.5, 0.6) is 5.88 Å². The van der Waals surface area contributed by atoms with Gasteiger partial charge in [0.1, 0.15) is 0 Å². The van der Waals surface area contributed by atoms with Crippen LogP contribution in [0, 0.1) is 0 Å². The number of nitrogens with zero attached hydrogens (tertiary/aromatic N) is 2. The van der Waals surface area contributed by atoms with Crippen LogP contribution >= 0.6 is 0 Å². The third kappa shape index (κ3) is 2.87. The Kier molecular flexibility index (Phi) is 3.63. The number of hydrogen-bond acceptors (Lipinski definition) is 6. The summed E-state index contributed by atoms with van der Waals surface area (Å²) in [4.78, 5) is 11.3. The number of oxazole rings is 1. The van der Waals surface area contributed by atoms with Gasteiger partial charge >= 0.3 is 0 Å². The van der Waals surface area contributed by atoms with Crippen LogP contribution in [0.25, 0.3) is 22.2 Å². The lowest BCUT2D eigenvalue weighted by molar-refractivity contribution is 0.457. The topological polar surface area (TPSA) is 109 Å². The molecule has 0 amide bonds. The van der Waals surface area contributed by atoms with Gasteiger partial charge in [0, 0.05) is 22.7 Å². The molecule has 1 aliphatic heterocycles. The first kappa shape index (κ1) is 16.8. The SMILES string of the molecule is O=S1(=O)Cc2ccc(N=Cc3c(O)[nH]c4ccc(-c5cnco5)cc34)cc2C1. The highest BCUT2D eigenvalue weighted by Crippen LogP contribution is 2.32. The highest BCUT2D eigenvalue weighted by Gasteiger charge is 2.24. The van der Waals surface area contributed by atoms with E-state index in [1.54, 1.807) is 30.6 Å². The fourth-order valence-corrected chi connectivity index (χ4v) is 5.07. The van der Waals surface area contributed by atoms with E-state index in [4.69, 9.17) is 4.42 Å². The molecule has 7 nitrogen and oxygen atoms in total. The Hall–Kier alpha value is -3.39. The largest absolute Gasteiger partial charge is 0.494 e. The Morgan fingerprint density at radius 3 is 2.82 bits per heavy atom. The van der Waals surface area contributed by atoms with Crippen LogP contribution in [0.4, 0.5) is 5.69 Å². The van der Waals surface area contributed by atoms with Crippen molar-refractivity contribution in [3.63, 3.8) is 0 Å². The summed E-state index contributed by atoms with van der Waals surface area (Å²) in [5, 5.41) is 11.1. The maximum absolute atomic E-state index is 11.8. The molecule has 0 unspecified atom stereocenters. The molecule has 0 spiro atoms. The van der Waals surface area contributed by atoms with Crippen LogP contribution in [0.3, 0.4) is 0 Å². The molecule has 0 radical (unpaired) electrons. The van der Waals surface area contributed by atoms with Crippen molar-refractivity contribution in [2.45, 2.75) is 11.5 Å². The number of aromatic hydroxyl groups is 1. The van der Waals surface area contributed by atoms with Crippen LogP contribution in [0.2, 0.25) is 0 Å². The lowest BCUT2D eigenvalue weighted by Crippen LogP contribution is -1.95. The van der Waals surface area contributed by atoms with E-state index in [0.29, 0.717) is 17.0 Å². The molecule has 5 rings (SSSR count). The smallest absolute Gasteiger partial charge is 0.198 e. The Bertz CT molecular complexity index is 1340. The fraction of sp³-hybridized carbons (Fsp3) is 0.100. The molecule has 140 valence electrons. The minimum absolute atomic E-state index is 0.0113. The van der Waals surface area contributed by atoms with Crippen LogP contribution in [-0.2, 0) is 21.3 Å². The fourth-order valence-electron chi connectivity index (χ4n) is 3.47. The summed E-state index contributed by atoms with van der Waals surface area (Å²) in [6, 6.07) is 11.0. The maximum Gasteiger partial charge on any atom is 0.198 e. The van der Waals surface area contributed by atoms with E-state index in [0.717, 1.165) is 27.6 Å². The minimum Gasteiger partial charge on any atom is -0.494 e. The molecule has 0 saturated carbocycles. The van der Waals surface area contributed by atoms with Gasteiger partial charge in [-0.15, -0.1) is 0 Å². The molecule has 3 heterocycles. The van der Waals surface area contributed by atoms with E-state index in [2.05, 4.69) is 15.0 Å². The Morgan fingerprint density at radius 2 is 2.00 bits per heavy atom. The van der Waals surface area contributed by atoms with Crippen molar-refractivity contribution in [3.05, 3.63) is 65.7 Å². The molecular formula is C20H15N3O4S. The number of H-pyrrole nitrogens is 1. The number of hydrogen-bond donors (Lipinski definition) is 2. The van der Waals surface area contributed by atoms with Crippen molar-refractivity contribution in [1.29, 1.82) is 0 Å². The number of fused-ring (bicyclic) bond motifs is 2. The van der Waals surface area contributed by atoms with E-state index in [1.807, 2.05) is 18.2 Å². The van der Waals surface area contributed by atoms with Crippen molar-refractivity contribution in [2.24, 2.45) is 4.99 Å². The van der Waals surface area contributed by atoms with Crippen molar-refractivity contribution < 1.29 is 17.9 Å². The summed E-state index contributed by atoms with van der Waals surface area (Å²) < 4.78 is 28.9. The van der Waals surface area contributed by atoms with Crippen molar-refractivity contribution in [1.82, 2.24) is 9.97 Å². The summed E-state index contributed by atoms with van der Waals surface area (Å²) in [5.74, 6) is 0.771. The number of rotatable bonds is 3. The molecule has 0 fully saturated rings. The standard InChI is InChI=1S/C20H15N3O4S/c24-20-17(7-22-15-3-1-13-9-28(25,26)10-14(13)5-15)16-6-12(2-4-18(16)23-20)19-8-21-11-27-19/h1-8,11,23-24H,9-10H2. The molecule has 2 aromatic heterocycles. The average molecular weight is 393 g/mol. The molecule has 2 aromatic carbocycles. The number of aromatic nitrogens is 2. The number of aliphatic imine (C=N–C) groups is 1. The summed E-state index contributed by atoms with van der Waals surface area (Å²) in [7, 11) is -3.05. The predicted molar refractivity (Wildman–Crippen MR) is 105 cm³/mol. The third-order valence-corrected chi connectivity index (χ3v) is 6.32. The van der Waals surface area contributed by atoms with Gasteiger partial charge in [0.15, 0.2) is 27.9 Å². The highest BCUT2D eigenvalue weighted by molar-refractivity contribution is 7.90. The zero-order valence-corrected chi connectivity index (χ0v) is 15.4. The van der Waals surface area contributed by atoms with E-state index in [-0.39, 0.29) is 17.4 Å². The lowest BCUT2D eigenvalue weighted by atomic mass is 10.1. The maximum atomic E-state index is 11.8. The Labute approximate surface area is 160 Å². The first-order valence-electron chi connectivity index (χ1n) is 8.58. The van der Waals surface area contributed by atoms with Gasteiger partial charge in [-0.1, -0.05) is 6.07 Å². The molecule has 0 atom stereocenters. The molecule has 4 aromatic rings. The van der Waals surface area contributed by atoms with E-state index < -0.39 is 9.84 Å². The first-order valence-corrected chi connectivity index (χ1v) is 10.4. The van der Waals surface area contributed by atoms with Gasteiger partial charge in [-0.25, -0.2) is 13.4 Å². The number of sulfone groups is 1. The second kappa shape index (κ2) is 6.07. The first-order chi connectivity index (χ1) is 13.5. The summed E-state index contributed by atoms with van der Waals surface area (Å²) in [6.45, 7) is 0. The number of benzene rings is 2. The van der Waals surface area contributed by atoms with Crippen molar-refractivity contribution in [3.8, 4) is 17.2 Å². The van der Waals surface area contributed by atoms with Gasteiger partial charge in [0.25, 0.3) is 0 Å². The van der Waals surface area contributed by atoms with E-state index in [9.17, 15) is 13.5 Å². The number of aromatic amines is 1. The second-order valence-corrected chi connectivity index (χ2v) is 8.82. The zero-order valence-electron chi connectivity index (χ0n) is 14.6. The molecule has 28 heavy (non-hydrogen) atoms. The van der Waals surface area contributed by atoms with Gasteiger partial charge in [-0.3, -0.25) is 4.99 Å². The van der Waals surface area contributed by atoms with Crippen molar-refractivity contribution >= 4 is 32.6 Å². The van der Waals surface area contributed by atoms with Crippen LogP contribution in [0.1, 0.15) is 16.7 Å². The summed E-state index contributed by atoms with van der Waals surface area (Å²) >= 11 is 0. The lowest BCUT2D eigenvalue weighted by Gasteiger charge is -2.00. The van der Waals surface area contributed by atoms with Crippen LogP contribution in [-0.4, -0.2) is 29.7 Å². The molecule has 0 bridgehead atoms. The summed E-state index contributed by atoms with van der Waals surface area (Å²) in [5.41, 5.74) is 4.39. The van der Waals surface area contributed by atoms with Gasteiger partial charge in [-0.05, 0) is 41.5 Å². The normalized spacial score (nSPS) is 15.4. The van der Waals surface area contributed by atoms with Crippen LogP contribution in [0.15, 0.2) is 58.4 Å². The molecule has 2 N–H and O–H groups in total. The second-order valence-electron chi connectivity index (χ2n) is 6.76. The Morgan fingerprint density at radius 1 is 1.14 bits per heavy atom. The molecule has 0 aliphatic carbocycles.